The van der Waals surface area contributed by atoms with Crippen LogP contribution in [0.3, 0.4) is 0 Å². The number of rotatable bonds is 3. The van der Waals surface area contributed by atoms with Gasteiger partial charge in [0.05, 0.1) is 7.11 Å². The Labute approximate surface area is 101 Å². The summed E-state index contributed by atoms with van der Waals surface area (Å²) in [6, 6.07) is 4.37. The monoisotopic (exact) mass is 239 g/mol. The molecule has 0 saturated carbocycles. The lowest BCUT2D eigenvalue weighted by atomic mass is 10.1. The van der Waals surface area contributed by atoms with E-state index < -0.39 is 0 Å². The minimum Gasteiger partial charge on any atom is -0.493 e. The van der Waals surface area contributed by atoms with Crippen LogP contribution in [0.4, 0.5) is 4.39 Å². The lowest BCUT2D eigenvalue weighted by molar-refractivity contribution is 0.101. The van der Waals surface area contributed by atoms with Crippen molar-refractivity contribution in [3.8, 4) is 11.5 Å². The molecule has 0 amide bonds. The number of hydrogen-bond acceptors (Lipinski definition) is 3. The zero-order valence-electron chi connectivity index (χ0n) is 10.3. The second kappa shape index (κ2) is 5.36. The molecule has 1 heterocycles. The third kappa shape index (κ3) is 3.09. The van der Waals surface area contributed by atoms with Crippen LogP contribution in [0.5, 0.6) is 11.5 Å². The number of nitrogens with zero attached hydrogens (tertiary/aromatic N) is 1. The first-order valence-corrected chi connectivity index (χ1v) is 5.88. The zero-order valence-corrected chi connectivity index (χ0v) is 10.3. The first-order valence-electron chi connectivity index (χ1n) is 5.88. The van der Waals surface area contributed by atoms with Crippen molar-refractivity contribution < 1.29 is 13.9 Å². The van der Waals surface area contributed by atoms with Gasteiger partial charge in [0.2, 0.25) is 0 Å². The molecule has 3 nitrogen and oxygen atoms in total. The molecule has 1 fully saturated rings. The normalized spacial score (nSPS) is 21.2. The van der Waals surface area contributed by atoms with E-state index in [-0.39, 0.29) is 11.9 Å². The summed E-state index contributed by atoms with van der Waals surface area (Å²) in [6.07, 6.45) is 2.32. The first-order chi connectivity index (χ1) is 8.19. The predicted molar refractivity (Wildman–Crippen MR) is 64.1 cm³/mol. The van der Waals surface area contributed by atoms with Gasteiger partial charge in [0.15, 0.2) is 11.5 Å². The van der Waals surface area contributed by atoms with E-state index in [2.05, 4.69) is 11.9 Å². The van der Waals surface area contributed by atoms with E-state index in [1.54, 1.807) is 6.07 Å². The van der Waals surface area contributed by atoms with Gasteiger partial charge < -0.3 is 14.4 Å². The number of ether oxygens (including phenoxy) is 2. The summed E-state index contributed by atoms with van der Waals surface area (Å²) in [7, 11) is 3.60. The van der Waals surface area contributed by atoms with Crippen molar-refractivity contribution in [2.75, 3.05) is 27.2 Å². The summed E-state index contributed by atoms with van der Waals surface area (Å²) in [6.45, 7) is 2.01. The van der Waals surface area contributed by atoms with Crippen LogP contribution in [0.2, 0.25) is 0 Å². The molecule has 1 aliphatic rings. The molecule has 17 heavy (non-hydrogen) atoms. The quantitative estimate of drug-likeness (QED) is 0.808. The average Bonchev–Trinajstić information content (AvgIpc) is 2.31. The van der Waals surface area contributed by atoms with Gasteiger partial charge in [-0.15, -0.1) is 0 Å². The number of piperidine rings is 1. The SMILES string of the molecule is COc1cc(F)ccc1OC1CCCN(C)C1. The fraction of sp³-hybridized carbons (Fsp3) is 0.538. The van der Waals surface area contributed by atoms with Gasteiger partial charge in [0.1, 0.15) is 11.9 Å². The van der Waals surface area contributed by atoms with Gasteiger partial charge in [-0.3, -0.25) is 0 Å². The maximum Gasteiger partial charge on any atom is 0.163 e. The molecule has 1 aliphatic heterocycles. The van der Waals surface area contributed by atoms with E-state index in [0.29, 0.717) is 11.5 Å². The summed E-state index contributed by atoms with van der Waals surface area (Å²) < 4.78 is 24.0. The lowest BCUT2D eigenvalue weighted by Crippen LogP contribution is -2.38. The van der Waals surface area contributed by atoms with Crippen molar-refractivity contribution >= 4 is 0 Å². The molecule has 0 spiro atoms. The Balaban J connectivity index is 2.07. The van der Waals surface area contributed by atoms with Gasteiger partial charge in [0, 0.05) is 12.6 Å². The van der Waals surface area contributed by atoms with Crippen LogP contribution in [0.15, 0.2) is 18.2 Å². The highest BCUT2D eigenvalue weighted by Crippen LogP contribution is 2.29. The molecule has 1 aromatic carbocycles. The molecule has 1 unspecified atom stereocenters. The van der Waals surface area contributed by atoms with Gasteiger partial charge in [-0.1, -0.05) is 0 Å². The third-order valence-corrected chi connectivity index (χ3v) is 3.00. The highest BCUT2D eigenvalue weighted by atomic mass is 19.1. The summed E-state index contributed by atoms with van der Waals surface area (Å²) in [5.41, 5.74) is 0. The minimum absolute atomic E-state index is 0.160. The Bertz CT molecular complexity index is 384. The minimum atomic E-state index is -0.310. The molecule has 1 atom stereocenters. The van der Waals surface area contributed by atoms with Crippen LogP contribution in [0.1, 0.15) is 12.8 Å². The molecule has 94 valence electrons. The number of likely N-dealkylation sites (N-methyl/N-ethyl adjacent to an activating group) is 1. The zero-order chi connectivity index (χ0) is 12.3. The van der Waals surface area contributed by atoms with E-state index in [4.69, 9.17) is 9.47 Å². The molecule has 0 radical (unpaired) electrons. The van der Waals surface area contributed by atoms with Crippen LogP contribution in [-0.2, 0) is 0 Å². The van der Waals surface area contributed by atoms with Crippen molar-refractivity contribution in [2.24, 2.45) is 0 Å². The summed E-state index contributed by atoms with van der Waals surface area (Å²) in [5, 5.41) is 0. The maximum atomic E-state index is 13.0. The number of halogens is 1. The van der Waals surface area contributed by atoms with Gasteiger partial charge in [-0.05, 0) is 38.6 Å². The van der Waals surface area contributed by atoms with Crippen LogP contribution in [-0.4, -0.2) is 38.3 Å². The van der Waals surface area contributed by atoms with Crippen LogP contribution in [0, 0.1) is 5.82 Å². The van der Waals surface area contributed by atoms with Crippen molar-refractivity contribution in [2.45, 2.75) is 18.9 Å². The average molecular weight is 239 g/mol. The molecule has 0 aliphatic carbocycles. The molecular formula is C13H18FNO2. The van der Waals surface area contributed by atoms with Crippen LogP contribution >= 0.6 is 0 Å². The van der Waals surface area contributed by atoms with Crippen LogP contribution < -0.4 is 9.47 Å². The highest BCUT2D eigenvalue weighted by Gasteiger charge is 2.20. The predicted octanol–water partition coefficient (Wildman–Crippen LogP) is 2.31. The number of benzene rings is 1. The van der Waals surface area contributed by atoms with E-state index >= 15 is 0 Å². The smallest absolute Gasteiger partial charge is 0.163 e. The van der Waals surface area contributed by atoms with E-state index in [1.165, 1.54) is 19.2 Å². The van der Waals surface area contributed by atoms with E-state index in [0.717, 1.165) is 25.9 Å². The number of hydrogen-bond donors (Lipinski definition) is 0. The van der Waals surface area contributed by atoms with E-state index in [1.807, 2.05) is 0 Å². The van der Waals surface area contributed by atoms with Crippen LogP contribution in [0.25, 0.3) is 0 Å². The fourth-order valence-electron chi connectivity index (χ4n) is 2.13. The first kappa shape index (κ1) is 12.2. The Morgan fingerprint density at radius 1 is 1.35 bits per heavy atom. The van der Waals surface area contributed by atoms with Gasteiger partial charge in [-0.2, -0.15) is 0 Å². The lowest BCUT2D eigenvalue weighted by Gasteiger charge is -2.30. The van der Waals surface area contributed by atoms with E-state index in [9.17, 15) is 4.39 Å². The Morgan fingerprint density at radius 2 is 2.18 bits per heavy atom. The number of likely N-dealkylation sites (tertiary alicyclic amines) is 1. The summed E-state index contributed by atoms with van der Waals surface area (Å²) in [5.74, 6) is 0.766. The molecular weight excluding hydrogens is 221 g/mol. The third-order valence-electron chi connectivity index (χ3n) is 3.00. The topological polar surface area (TPSA) is 21.7 Å². The van der Waals surface area contributed by atoms with Gasteiger partial charge >= 0.3 is 0 Å². The molecule has 1 aromatic rings. The largest absolute Gasteiger partial charge is 0.493 e. The highest BCUT2D eigenvalue weighted by molar-refractivity contribution is 5.40. The fourth-order valence-corrected chi connectivity index (χ4v) is 2.13. The van der Waals surface area contributed by atoms with Crippen molar-refractivity contribution in [3.05, 3.63) is 24.0 Å². The standard InChI is InChI=1S/C13H18FNO2/c1-15-7-3-4-11(9-15)17-12-6-5-10(14)8-13(12)16-2/h5-6,8,11H,3-4,7,9H2,1-2H3. The Hall–Kier alpha value is -1.29. The second-order valence-electron chi connectivity index (χ2n) is 4.44. The van der Waals surface area contributed by atoms with Crippen molar-refractivity contribution in [1.29, 1.82) is 0 Å². The molecule has 1 saturated heterocycles. The van der Waals surface area contributed by atoms with Crippen molar-refractivity contribution in [1.82, 2.24) is 4.90 Å². The van der Waals surface area contributed by atoms with Gasteiger partial charge in [0.25, 0.3) is 0 Å². The summed E-state index contributed by atoms with van der Waals surface area (Å²) >= 11 is 0. The maximum absolute atomic E-state index is 13.0. The molecule has 0 aromatic heterocycles. The Kier molecular flexibility index (Phi) is 3.84. The molecule has 4 heteroatoms. The molecule has 2 rings (SSSR count). The van der Waals surface area contributed by atoms with Crippen molar-refractivity contribution in [3.63, 3.8) is 0 Å². The Morgan fingerprint density at radius 3 is 2.88 bits per heavy atom. The number of methoxy groups -OCH3 is 1. The molecule has 0 bridgehead atoms. The van der Waals surface area contributed by atoms with Gasteiger partial charge in [-0.25, -0.2) is 4.39 Å². The molecule has 0 N–H and O–H groups in total. The summed E-state index contributed by atoms with van der Waals surface area (Å²) in [4.78, 5) is 2.24. The second-order valence-corrected chi connectivity index (χ2v) is 4.44.